The van der Waals surface area contributed by atoms with Gasteiger partial charge in [0.2, 0.25) is 5.91 Å². The Bertz CT molecular complexity index is 1400. The van der Waals surface area contributed by atoms with Gasteiger partial charge >= 0.3 is 6.09 Å². The molecule has 5 rings (SSSR count). The zero-order valence-electron chi connectivity index (χ0n) is 22.6. The molecule has 0 radical (unpaired) electrons. The van der Waals surface area contributed by atoms with E-state index >= 15 is 0 Å². The molecule has 3 aromatic rings. The lowest BCUT2D eigenvalue weighted by Gasteiger charge is -2.45. The van der Waals surface area contributed by atoms with Gasteiger partial charge in [-0.3, -0.25) is 9.69 Å². The predicted molar refractivity (Wildman–Crippen MR) is 144 cm³/mol. The predicted octanol–water partition coefficient (Wildman–Crippen LogP) is 3.68. The molecule has 10 nitrogen and oxygen atoms in total. The number of alkyl halides is 2. The summed E-state index contributed by atoms with van der Waals surface area (Å²) in [6, 6.07) is 6.71. The van der Waals surface area contributed by atoms with Crippen molar-refractivity contribution in [2.75, 3.05) is 51.5 Å². The maximum atomic E-state index is 14.3. The van der Waals surface area contributed by atoms with Crippen LogP contribution in [0.4, 0.5) is 25.1 Å². The zero-order valence-corrected chi connectivity index (χ0v) is 22.6. The fourth-order valence-corrected chi connectivity index (χ4v) is 5.46. The summed E-state index contributed by atoms with van der Waals surface area (Å²) in [5.41, 5.74) is 1.68. The Labute approximate surface area is 225 Å². The van der Waals surface area contributed by atoms with Crippen molar-refractivity contribution in [1.82, 2.24) is 24.8 Å². The van der Waals surface area contributed by atoms with Crippen LogP contribution in [-0.4, -0.2) is 89.5 Å². The number of aryl methyl sites for hydroxylation is 1. The number of carbonyl (C=O) groups is 2. The third-order valence-corrected chi connectivity index (χ3v) is 7.77. The van der Waals surface area contributed by atoms with Crippen LogP contribution in [0.5, 0.6) is 5.75 Å². The molecule has 0 saturated carbocycles. The van der Waals surface area contributed by atoms with Crippen LogP contribution in [0.3, 0.4) is 0 Å². The van der Waals surface area contributed by atoms with E-state index in [-0.39, 0.29) is 25.2 Å². The van der Waals surface area contributed by atoms with Crippen molar-refractivity contribution in [3.05, 3.63) is 41.9 Å². The van der Waals surface area contributed by atoms with Crippen molar-refractivity contribution in [3.8, 4) is 5.75 Å². The van der Waals surface area contributed by atoms with Crippen LogP contribution < -0.4 is 15.0 Å². The first-order valence-electron chi connectivity index (χ1n) is 12.9. The number of benzene rings is 1. The molecule has 2 aromatic heterocycles. The molecule has 39 heavy (non-hydrogen) atoms. The van der Waals surface area contributed by atoms with E-state index in [1.165, 1.54) is 11.2 Å². The highest BCUT2D eigenvalue weighted by Gasteiger charge is 2.44. The van der Waals surface area contributed by atoms with Crippen molar-refractivity contribution in [2.45, 2.75) is 43.6 Å². The number of hydrogen-bond donors (Lipinski definition) is 2. The highest BCUT2D eigenvalue weighted by Crippen LogP contribution is 2.40. The fourth-order valence-electron chi connectivity index (χ4n) is 5.46. The van der Waals surface area contributed by atoms with Crippen LogP contribution in [0.15, 0.2) is 30.6 Å². The summed E-state index contributed by atoms with van der Waals surface area (Å²) in [5, 5.41) is 3.64. The van der Waals surface area contributed by atoms with Gasteiger partial charge in [-0.2, -0.15) is 0 Å². The molecule has 2 aliphatic rings. The summed E-state index contributed by atoms with van der Waals surface area (Å²) in [6.07, 6.45) is 1.70. The van der Waals surface area contributed by atoms with Gasteiger partial charge in [0.15, 0.2) is 0 Å². The molecule has 208 valence electrons. The summed E-state index contributed by atoms with van der Waals surface area (Å²) >= 11 is 0. The molecule has 2 N–H and O–H groups in total. The SMILES string of the molecule is CN(C)C(=O)Oc1cccc(NC(=O)C2(N(C)C)CCN(c3ncnc4[nH]c5c(c34)CC(F)(F)CC5)CC2)c1. The lowest BCUT2D eigenvalue weighted by molar-refractivity contribution is -0.128. The van der Waals surface area contributed by atoms with Crippen molar-refractivity contribution >= 4 is 34.5 Å². The number of anilines is 2. The van der Waals surface area contributed by atoms with E-state index in [4.69, 9.17) is 4.74 Å². The molecule has 1 saturated heterocycles. The summed E-state index contributed by atoms with van der Waals surface area (Å²) in [4.78, 5) is 42.9. The molecule has 1 aromatic carbocycles. The minimum absolute atomic E-state index is 0.172. The zero-order chi connectivity index (χ0) is 27.9. The number of H-pyrrole nitrogens is 1. The normalized spacial score (nSPS) is 18.1. The largest absolute Gasteiger partial charge is 0.414 e. The Morgan fingerprint density at radius 3 is 2.54 bits per heavy atom. The highest BCUT2D eigenvalue weighted by molar-refractivity contribution is 5.99. The van der Waals surface area contributed by atoms with Crippen LogP contribution in [0.2, 0.25) is 0 Å². The fraction of sp³-hybridized carbons (Fsp3) is 0.481. The van der Waals surface area contributed by atoms with Crippen LogP contribution in [-0.2, 0) is 17.6 Å². The van der Waals surface area contributed by atoms with Crippen LogP contribution in [0, 0.1) is 0 Å². The standard InChI is InChI=1S/C27H33F2N7O3/c1-34(2)25(38)39-18-7-5-6-17(14-18)32-24(37)26(35(3)4)10-12-36(13-11-26)23-21-19-15-27(28,29)9-8-20(19)33-22(21)30-16-31-23/h5-7,14,16H,8-13,15H2,1-4H3,(H,32,37)(H,30,31,33). The molecular formula is C27H33F2N7O3. The van der Waals surface area contributed by atoms with Gasteiger partial charge in [0, 0.05) is 57.5 Å². The number of fused-ring (bicyclic) bond motifs is 3. The monoisotopic (exact) mass is 541 g/mol. The van der Waals surface area contributed by atoms with E-state index in [9.17, 15) is 18.4 Å². The van der Waals surface area contributed by atoms with Crippen LogP contribution in [0.1, 0.15) is 30.5 Å². The quantitative estimate of drug-likeness (QED) is 0.508. The number of halogens is 2. The van der Waals surface area contributed by atoms with E-state index in [1.54, 1.807) is 38.4 Å². The minimum atomic E-state index is -2.75. The number of aromatic nitrogens is 3. The van der Waals surface area contributed by atoms with Gasteiger partial charge in [-0.05, 0) is 51.1 Å². The van der Waals surface area contributed by atoms with Crippen molar-refractivity contribution in [2.24, 2.45) is 0 Å². The number of hydrogen-bond acceptors (Lipinski definition) is 7. The maximum absolute atomic E-state index is 14.3. The minimum Gasteiger partial charge on any atom is -0.410 e. The molecule has 2 amide bonds. The van der Waals surface area contributed by atoms with E-state index in [0.717, 1.165) is 5.69 Å². The number of rotatable bonds is 5. The first kappa shape index (κ1) is 26.8. The summed E-state index contributed by atoms with van der Waals surface area (Å²) in [6.45, 7) is 1.02. The van der Waals surface area contributed by atoms with Gasteiger partial charge in [-0.25, -0.2) is 23.5 Å². The third-order valence-electron chi connectivity index (χ3n) is 7.77. The summed E-state index contributed by atoms with van der Waals surface area (Å²) < 4.78 is 33.9. The molecule has 3 heterocycles. The first-order valence-corrected chi connectivity index (χ1v) is 12.9. The molecule has 0 unspecified atom stereocenters. The molecule has 1 aliphatic heterocycles. The van der Waals surface area contributed by atoms with Gasteiger partial charge in [-0.15, -0.1) is 0 Å². The third kappa shape index (κ3) is 5.12. The average molecular weight is 542 g/mol. The maximum Gasteiger partial charge on any atom is 0.414 e. The lowest BCUT2D eigenvalue weighted by Crippen LogP contribution is -2.59. The number of nitrogens with zero attached hydrogens (tertiary/aromatic N) is 5. The van der Waals surface area contributed by atoms with Crippen molar-refractivity contribution < 1.29 is 23.1 Å². The van der Waals surface area contributed by atoms with Crippen LogP contribution in [0.25, 0.3) is 11.0 Å². The molecule has 12 heteroatoms. The topological polar surface area (TPSA) is 107 Å². The van der Waals surface area contributed by atoms with Crippen molar-refractivity contribution in [3.63, 3.8) is 0 Å². The van der Waals surface area contributed by atoms with Gasteiger partial charge in [0.25, 0.3) is 5.92 Å². The van der Waals surface area contributed by atoms with E-state index in [1.807, 2.05) is 19.0 Å². The van der Waals surface area contributed by atoms with Gasteiger partial charge in [0.05, 0.1) is 5.39 Å². The second-order valence-corrected chi connectivity index (χ2v) is 10.7. The molecule has 1 aliphatic carbocycles. The van der Waals surface area contributed by atoms with Gasteiger partial charge < -0.3 is 24.8 Å². The van der Waals surface area contributed by atoms with Gasteiger partial charge in [-0.1, -0.05) is 6.07 Å². The summed E-state index contributed by atoms with van der Waals surface area (Å²) in [7, 11) is 6.93. The Balaban J connectivity index is 1.35. The number of piperidine rings is 1. The number of amides is 2. The number of carbonyl (C=O) groups excluding carboxylic acids is 2. The Hall–Kier alpha value is -3.80. The number of likely N-dealkylation sites (N-methyl/N-ethyl adjacent to an activating group) is 1. The smallest absolute Gasteiger partial charge is 0.410 e. The first-order chi connectivity index (χ1) is 18.5. The second-order valence-electron chi connectivity index (χ2n) is 10.7. The van der Waals surface area contributed by atoms with E-state index in [0.29, 0.717) is 59.8 Å². The van der Waals surface area contributed by atoms with E-state index in [2.05, 4.69) is 25.2 Å². The molecular weight excluding hydrogens is 508 g/mol. The number of aromatic amines is 1. The number of ether oxygens (including phenoxy) is 1. The molecule has 1 fully saturated rings. The van der Waals surface area contributed by atoms with Gasteiger partial charge in [0.1, 0.15) is 29.1 Å². The molecule has 0 spiro atoms. The van der Waals surface area contributed by atoms with Crippen molar-refractivity contribution in [1.29, 1.82) is 0 Å². The second kappa shape index (κ2) is 10.1. The summed E-state index contributed by atoms with van der Waals surface area (Å²) in [5.74, 6) is -1.97. The average Bonchev–Trinajstić information content (AvgIpc) is 3.25. The molecule has 0 bridgehead atoms. The molecule has 0 atom stereocenters. The number of nitrogens with one attached hydrogen (secondary N) is 2. The highest BCUT2D eigenvalue weighted by atomic mass is 19.3. The Morgan fingerprint density at radius 2 is 1.85 bits per heavy atom. The van der Waals surface area contributed by atoms with Crippen LogP contribution >= 0.6 is 0 Å². The lowest BCUT2D eigenvalue weighted by atomic mass is 9.84. The Morgan fingerprint density at radius 1 is 1.10 bits per heavy atom. The Kier molecular flexibility index (Phi) is 6.91. The van der Waals surface area contributed by atoms with E-state index < -0.39 is 17.6 Å².